The van der Waals surface area contributed by atoms with Crippen LogP contribution in [-0.4, -0.2) is 10.1 Å². The molecule has 9 heavy (non-hydrogen) atoms. The van der Waals surface area contributed by atoms with Gasteiger partial charge in [0.15, 0.2) is 0 Å². The third-order valence-corrected chi connectivity index (χ3v) is 1.87. The van der Waals surface area contributed by atoms with Crippen LogP contribution in [0, 0.1) is 0 Å². The summed E-state index contributed by atoms with van der Waals surface area (Å²) in [5.74, 6) is 1.08. The molecular formula is C5H11AgNS2. The van der Waals surface area contributed by atoms with E-state index in [0.29, 0.717) is 4.32 Å². The molecule has 0 amide bonds. The maximum atomic E-state index is 5.23. The Kier molecular flexibility index (Phi) is 12.6. The maximum Gasteiger partial charge on any atom is 0.131 e. The molecule has 0 aliphatic rings. The molecule has 0 bridgehead atoms. The van der Waals surface area contributed by atoms with E-state index in [1.807, 2.05) is 0 Å². The topological polar surface area (TPSA) is 26.0 Å². The van der Waals surface area contributed by atoms with Gasteiger partial charge in [0.1, 0.15) is 4.32 Å². The molecule has 0 aromatic rings. The minimum Gasteiger partial charge on any atom is -0.385 e. The predicted octanol–water partition coefficient (Wildman–Crippen LogP) is 1.76. The predicted molar refractivity (Wildman–Crippen MR) is 44.2 cm³/mol. The second kappa shape index (κ2) is 8.98. The molecule has 0 aromatic carbocycles. The number of rotatable bonds is 3. The van der Waals surface area contributed by atoms with Gasteiger partial charge in [-0.25, -0.2) is 0 Å². The van der Waals surface area contributed by atoms with E-state index < -0.39 is 0 Å². The molecule has 0 aliphatic heterocycles. The zero-order valence-corrected chi connectivity index (χ0v) is 8.43. The van der Waals surface area contributed by atoms with E-state index in [2.05, 4.69) is 19.1 Å². The Morgan fingerprint density at radius 1 is 1.67 bits per heavy atom. The molecule has 0 saturated heterocycles. The molecule has 0 saturated carbocycles. The summed E-state index contributed by atoms with van der Waals surface area (Å²) in [6.07, 6.45) is 2.43. The average Bonchev–Trinajstić information content (AvgIpc) is 1.66. The molecule has 1 nitrogen and oxygen atoms in total. The standard InChI is InChI=1S/C5H11NS2.Ag/c1-2-3-4-8-5(6)7;/h2-4H2,1H3,(H2,6,7);. The van der Waals surface area contributed by atoms with Crippen LogP contribution in [0.4, 0.5) is 0 Å². The first-order valence-corrected chi connectivity index (χ1v) is 4.09. The molecule has 0 aliphatic carbocycles. The molecule has 0 fully saturated rings. The Labute approximate surface area is 81.7 Å². The van der Waals surface area contributed by atoms with Crippen LogP contribution in [0.3, 0.4) is 0 Å². The van der Waals surface area contributed by atoms with Gasteiger partial charge in [-0.3, -0.25) is 0 Å². The van der Waals surface area contributed by atoms with Gasteiger partial charge in [0.05, 0.1) is 0 Å². The fourth-order valence-corrected chi connectivity index (χ4v) is 1.20. The molecule has 0 unspecified atom stereocenters. The Morgan fingerprint density at radius 3 is 2.56 bits per heavy atom. The molecule has 0 aromatic heterocycles. The number of thiocarbonyl (C=S) groups is 1. The van der Waals surface area contributed by atoms with Gasteiger partial charge in [-0.15, -0.1) is 0 Å². The zero-order valence-electron chi connectivity index (χ0n) is 5.32. The van der Waals surface area contributed by atoms with Gasteiger partial charge in [0, 0.05) is 28.1 Å². The fraction of sp³-hybridized carbons (Fsp3) is 0.800. The van der Waals surface area contributed by atoms with Crippen molar-refractivity contribution in [2.45, 2.75) is 19.8 Å². The van der Waals surface area contributed by atoms with E-state index in [9.17, 15) is 0 Å². The summed E-state index contributed by atoms with van der Waals surface area (Å²) in [6.45, 7) is 2.15. The largest absolute Gasteiger partial charge is 0.385 e. The van der Waals surface area contributed by atoms with Crippen molar-refractivity contribution in [3.63, 3.8) is 0 Å². The number of unbranched alkanes of at least 4 members (excludes halogenated alkanes) is 1. The van der Waals surface area contributed by atoms with E-state index >= 15 is 0 Å². The summed E-state index contributed by atoms with van der Waals surface area (Å²) in [5, 5.41) is 0. The molecule has 0 rings (SSSR count). The molecule has 1 radical (unpaired) electrons. The van der Waals surface area contributed by atoms with Gasteiger partial charge < -0.3 is 5.73 Å². The molecule has 0 heterocycles. The number of hydrogen-bond acceptors (Lipinski definition) is 2. The Hall–Kier alpha value is 0.980. The number of nitrogens with two attached hydrogens (primary N) is 1. The second-order valence-corrected chi connectivity index (χ2v) is 3.36. The molecule has 0 atom stereocenters. The third-order valence-electron chi connectivity index (χ3n) is 0.742. The average molecular weight is 257 g/mol. The van der Waals surface area contributed by atoms with Crippen molar-refractivity contribution in [1.29, 1.82) is 0 Å². The monoisotopic (exact) mass is 256 g/mol. The summed E-state index contributed by atoms with van der Waals surface area (Å²) >= 11 is 6.21. The van der Waals surface area contributed by atoms with Crippen LogP contribution < -0.4 is 5.73 Å². The first-order valence-electron chi connectivity index (χ1n) is 2.69. The SMILES string of the molecule is CCCCSC(N)=S.[Ag]. The van der Waals surface area contributed by atoms with E-state index in [4.69, 9.17) is 5.73 Å². The fourth-order valence-electron chi connectivity index (χ4n) is 0.317. The quantitative estimate of drug-likeness (QED) is 0.474. The second-order valence-electron chi connectivity index (χ2n) is 1.52. The zero-order chi connectivity index (χ0) is 6.41. The van der Waals surface area contributed by atoms with Gasteiger partial charge >= 0.3 is 0 Å². The van der Waals surface area contributed by atoms with Crippen molar-refractivity contribution in [2.24, 2.45) is 5.73 Å². The smallest absolute Gasteiger partial charge is 0.131 e. The van der Waals surface area contributed by atoms with Gasteiger partial charge in [0.2, 0.25) is 0 Å². The van der Waals surface area contributed by atoms with Crippen molar-refractivity contribution in [1.82, 2.24) is 0 Å². The van der Waals surface area contributed by atoms with Crippen molar-refractivity contribution in [3.8, 4) is 0 Å². The van der Waals surface area contributed by atoms with Crippen LogP contribution >= 0.6 is 24.0 Å². The van der Waals surface area contributed by atoms with Crippen LogP contribution in [0.25, 0.3) is 0 Å². The van der Waals surface area contributed by atoms with Crippen LogP contribution in [0.2, 0.25) is 0 Å². The van der Waals surface area contributed by atoms with Crippen LogP contribution in [0.5, 0.6) is 0 Å². The van der Waals surface area contributed by atoms with Gasteiger partial charge in [-0.05, 0) is 6.42 Å². The van der Waals surface area contributed by atoms with Crippen molar-refractivity contribution in [2.75, 3.05) is 5.75 Å². The van der Waals surface area contributed by atoms with Gasteiger partial charge in [-0.1, -0.05) is 37.3 Å². The van der Waals surface area contributed by atoms with Crippen molar-refractivity contribution < 1.29 is 22.4 Å². The van der Waals surface area contributed by atoms with Crippen molar-refractivity contribution >= 4 is 28.3 Å². The van der Waals surface area contributed by atoms with Crippen LogP contribution in [-0.2, 0) is 22.4 Å². The van der Waals surface area contributed by atoms with E-state index in [0.717, 1.165) is 5.75 Å². The third kappa shape index (κ3) is 12.2. The Balaban J connectivity index is 0. The van der Waals surface area contributed by atoms with Crippen LogP contribution in [0.1, 0.15) is 19.8 Å². The number of thioether (sulfide) groups is 1. The summed E-state index contributed by atoms with van der Waals surface area (Å²) in [7, 11) is 0. The Morgan fingerprint density at radius 2 is 2.22 bits per heavy atom. The van der Waals surface area contributed by atoms with Crippen molar-refractivity contribution in [3.05, 3.63) is 0 Å². The van der Waals surface area contributed by atoms with E-state index in [1.54, 1.807) is 11.8 Å². The maximum absolute atomic E-state index is 5.23. The van der Waals surface area contributed by atoms with Gasteiger partial charge in [0.25, 0.3) is 0 Å². The normalized spacial score (nSPS) is 8.11. The van der Waals surface area contributed by atoms with Crippen LogP contribution in [0.15, 0.2) is 0 Å². The minimum absolute atomic E-state index is 0. The first kappa shape index (κ1) is 12.6. The molecular weight excluding hydrogens is 246 g/mol. The summed E-state index contributed by atoms with van der Waals surface area (Å²) < 4.78 is 0.568. The molecule has 59 valence electrons. The summed E-state index contributed by atoms with van der Waals surface area (Å²) in [4.78, 5) is 0. The number of hydrogen-bond donors (Lipinski definition) is 1. The first-order chi connectivity index (χ1) is 3.77. The van der Waals surface area contributed by atoms with E-state index in [1.165, 1.54) is 12.8 Å². The van der Waals surface area contributed by atoms with Gasteiger partial charge in [-0.2, -0.15) is 0 Å². The molecule has 0 spiro atoms. The van der Waals surface area contributed by atoms with E-state index in [-0.39, 0.29) is 22.4 Å². The molecule has 2 N–H and O–H groups in total. The summed E-state index contributed by atoms with van der Waals surface area (Å²) in [5.41, 5.74) is 5.23. The Bertz CT molecular complexity index is 77.4. The molecule has 4 heteroatoms. The minimum atomic E-state index is 0. The summed E-state index contributed by atoms with van der Waals surface area (Å²) in [6, 6.07) is 0.